The summed E-state index contributed by atoms with van der Waals surface area (Å²) in [4.78, 5) is 22.0. The molecule has 1 aromatic carbocycles. The first-order valence-electron chi connectivity index (χ1n) is 5.97. The SMILES string of the molecule is CCN(CC(=O)NC)S(=O)(=O)c1ccc(C(=O)O)c(Cl)c1. The van der Waals surface area contributed by atoms with Gasteiger partial charge >= 0.3 is 5.97 Å². The first-order chi connectivity index (χ1) is 9.73. The van der Waals surface area contributed by atoms with Gasteiger partial charge in [-0.1, -0.05) is 18.5 Å². The molecule has 21 heavy (non-hydrogen) atoms. The van der Waals surface area contributed by atoms with Gasteiger partial charge in [0.05, 0.1) is 22.0 Å². The highest BCUT2D eigenvalue weighted by atomic mass is 35.5. The summed E-state index contributed by atoms with van der Waals surface area (Å²) in [5, 5.41) is 11.0. The molecule has 0 heterocycles. The Kier molecular flexibility index (Phi) is 5.70. The van der Waals surface area contributed by atoms with Crippen LogP contribution in [0, 0.1) is 0 Å². The number of carboxylic acid groups (broad SMARTS) is 1. The van der Waals surface area contributed by atoms with Crippen LogP contribution in [0.25, 0.3) is 0 Å². The summed E-state index contributed by atoms with van der Waals surface area (Å²) in [6, 6.07) is 3.33. The van der Waals surface area contributed by atoms with E-state index in [2.05, 4.69) is 5.32 Å². The van der Waals surface area contributed by atoms with Crippen molar-refractivity contribution < 1.29 is 23.1 Å². The van der Waals surface area contributed by atoms with Crippen LogP contribution in [0.2, 0.25) is 5.02 Å². The van der Waals surface area contributed by atoms with Gasteiger partial charge in [0.2, 0.25) is 15.9 Å². The Morgan fingerprint density at radius 1 is 1.38 bits per heavy atom. The van der Waals surface area contributed by atoms with E-state index in [4.69, 9.17) is 16.7 Å². The van der Waals surface area contributed by atoms with E-state index in [0.717, 1.165) is 22.5 Å². The summed E-state index contributed by atoms with van der Waals surface area (Å²) < 4.78 is 25.7. The van der Waals surface area contributed by atoms with Crippen molar-refractivity contribution in [2.75, 3.05) is 20.1 Å². The van der Waals surface area contributed by atoms with Crippen LogP contribution >= 0.6 is 11.6 Å². The Balaban J connectivity index is 3.20. The topological polar surface area (TPSA) is 104 Å². The molecule has 0 fully saturated rings. The van der Waals surface area contributed by atoms with Gasteiger partial charge in [-0.2, -0.15) is 4.31 Å². The molecule has 0 atom stereocenters. The lowest BCUT2D eigenvalue weighted by Crippen LogP contribution is -2.39. The summed E-state index contributed by atoms with van der Waals surface area (Å²) in [5.74, 6) is -1.70. The number of halogens is 1. The van der Waals surface area contributed by atoms with E-state index in [1.165, 1.54) is 7.05 Å². The lowest BCUT2D eigenvalue weighted by molar-refractivity contribution is -0.120. The Bertz CT molecular complexity index is 660. The molecule has 0 unspecified atom stereocenters. The van der Waals surface area contributed by atoms with Crippen LogP contribution in [0.15, 0.2) is 23.1 Å². The number of amides is 1. The predicted molar refractivity (Wildman–Crippen MR) is 76.9 cm³/mol. The smallest absolute Gasteiger partial charge is 0.337 e. The molecule has 0 aromatic heterocycles. The predicted octanol–water partition coefficient (Wildman–Crippen LogP) is 0.795. The maximum atomic E-state index is 12.4. The number of rotatable bonds is 6. The van der Waals surface area contributed by atoms with Crippen LogP contribution in [0.3, 0.4) is 0 Å². The number of aromatic carboxylic acids is 1. The lowest BCUT2D eigenvalue weighted by atomic mass is 10.2. The average Bonchev–Trinajstić information content (AvgIpc) is 2.43. The van der Waals surface area contributed by atoms with E-state index >= 15 is 0 Å². The van der Waals surface area contributed by atoms with Crippen LogP contribution in [0.5, 0.6) is 0 Å². The maximum Gasteiger partial charge on any atom is 0.337 e. The summed E-state index contributed by atoms with van der Waals surface area (Å²) in [7, 11) is -2.52. The lowest BCUT2D eigenvalue weighted by Gasteiger charge is -2.19. The van der Waals surface area contributed by atoms with Gasteiger partial charge < -0.3 is 10.4 Å². The maximum absolute atomic E-state index is 12.4. The van der Waals surface area contributed by atoms with Gasteiger partial charge in [0.25, 0.3) is 0 Å². The van der Waals surface area contributed by atoms with Crippen molar-refractivity contribution in [1.82, 2.24) is 9.62 Å². The van der Waals surface area contributed by atoms with E-state index in [0.29, 0.717) is 0 Å². The Morgan fingerprint density at radius 2 is 2.00 bits per heavy atom. The minimum atomic E-state index is -3.93. The molecule has 116 valence electrons. The highest BCUT2D eigenvalue weighted by molar-refractivity contribution is 7.89. The first kappa shape index (κ1) is 17.4. The van der Waals surface area contributed by atoms with Crippen molar-refractivity contribution in [1.29, 1.82) is 0 Å². The third-order valence-corrected chi connectivity index (χ3v) is 4.99. The van der Waals surface area contributed by atoms with E-state index in [-0.39, 0.29) is 28.6 Å². The second kappa shape index (κ2) is 6.88. The van der Waals surface area contributed by atoms with Crippen LogP contribution in [-0.4, -0.2) is 49.8 Å². The summed E-state index contributed by atoms with van der Waals surface area (Å²) in [6.07, 6.45) is 0. The zero-order valence-electron chi connectivity index (χ0n) is 11.5. The molecule has 0 spiro atoms. The number of hydrogen-bond acceptors (Lipinski definition) is 4. The highest BCUT2D eigenvalue weighted by Gasteiger charge is 2.26. The molecule has 1 amide bonds. The van der Waals surface area contributed by atoms with Crippen LogP contribution in [-0.2, 0) is 14.8 Å². The Morgan fingerprint density at radius 3 is 2.43 bits per heavy atom. The molecule has 9 heteroatoms. The minimum absolute atomic E-state index is 0.0913. The molecule has 0 aliphatic rings. The molecule has 0 radical (unpaired) electrons. The Labute approximate surface area is 127 Å². The Hall–Kier alpha value is -1.64. The number of carbonyl (C=O) groups is 2. The van der Waals surface area contributed by atoms with Gasteiger partial charge in [0.15, 0.2) is 0 Å². The van der Waals surface area contributed by atoms with Crippen LogP contribution in [0.4, 0.5) is 0 Å². The average molecular weight is 335 g/mol. The number of nitrogens with one attached hydrogen (secondary N) is 1. The number of carboxylic acids is 1. The van der Waals surface area contributed by atoms with Crippen molar-refractivity contribution in [3.05, 3.63) is 28.8 Å². The number of nitrogens with zero attached hydrogens (tertiary/aromatic N) is 1. The van der Waals surface area contributed by atoms with Crippen molar-refractivity contribution in [3.8, 4) is 0 Å². The van der Waals surface area contributed by atoms with Crippen molar-refractivity contribution >= 4 is 33.5 Å². The quantitative estimate of drug-likeness (QED) is 0.800. The van der Waals surface area contributed by atoms with E-state index in [9.17, 15) is 18.0 Å². The summed E-state index contributed by atoms with van der Waals surface area (Å²) in [5.41, 5.74) is -0.190. The molecule has 0 saturated carbocycles. The fourth-order valence-corrected chi connectivity index (χ4v) is 3.34. The standard InChI is InChI=1S/C12H15ClN2O5S/c1-3-15(7-11(16)14-2)21(19,20)8-4-5-9(12(17)18)10(13)6-8/h4-6H,3,7H2,1-2H3,(H,14,16)(H,17,18). The largest absolute Gasteiger partial charge is 0.478 e. The molecule has 0 aliphatic carbocycles. The van der Waals surface area contributed by atoms with E-state index in [1.807, 2.05) is 0 Å². The third kappa shape index (κ3) is 3.93. The highest BCUT2D eigenvalue weighted by Crippen LogP contribution is 2.23. The molecular formula is C12H15ClN2O5S. The monoisotopic (exact) mass is 334 g/mol. The molecule has 0 bridgehead atoms. The zero-order chi connectivity index (χ0) is 16.2. The molecule has 1 rings (SSSR count). The van der Waals surface area contributed by atoms with Gasteiger partial charge in [-0.3, -0.25) is 4.79 Å². The molecule has 1 aromatic rings. The number of benzene rings is 1. The molecule has 2 N–H and O–H groups in total. The number of carbonyl (C=O) groups excluding carboxylic acids is 1. The second-order valence-electron chi connectivity index (χ2n) is 4.05. The van der Waals surface area contributed by atoms with Gasteiger partial charge in [0, 0.05) is 13.6 Å². The van der Waals surface area contributed by atoms with Gasteiger partial charge in [-0.15, -0.1) is 0 Å². The fraction of sp³-hybridized carbons (Fsp3) is 0.333. The van der Waals surface area contributed by atoms with Crippen LogP contribution < -0.4 is 5.32 Å². The van der Waals surface area contributed by atoms with E-state index in [1.54, 1.807) is 6.92 Å². The van der Waals surface area contributed by atoms with Gasteiger partial charge in [0.1, 0.15) is 0 Å². The molecule has 0 aliphatic heterocycles. The van der Waals surface area contributed by atoms with E-state index < -0.39 is 21.9 Å². The minimum Gasteiger partial charge on any atom is -0.478 e. The number of likely N-dealkylation sites (N-methyl/N-ethyl adjacent to an activating group) is 2. The van der Waals surface area contributed by atoms with Crippen molar-refractivity contribution in [3.63, 3.8) is 0 Å². The molecular weight excluding hydrogens is 320 g/mol. The fourth-order valence-electron chi connectivity index (χ4n) is 1.58. The molecule has 0 saturated heterocycles. The first-order valence-corrected chi connectivity index (χ1v) is 7.79. The zero-order valence-corrected chi connectivity index (χ0v) is 13.0. The van der Waals surface area contributed by atoms with Gasteiger partial charge in [-0.05, 0) is 18.2 Å². The van der Waals surface area contributed by atoms with Crippen molar-refractivity contribution in [2.24, 2.45) is 0 Å². The summed E-state index contributed by atoms with van der Waals surface area (Å²) >= 11 is 5.77. The summed E-state index contributed by atoms with van der Waals surface area (Å²) in [6.45, 7) is 1.36. The third-order valence-electron chi connectivity index (χ3n) is 2.76. The number of hydrogen-bond donors (Lipinski definition) is 2. The number of sulfonamides is 1. The second-order valence-corrected chi connectivity index (χ2v) is 6.40. The van der Waals surface area contributed by atoms with Crippen molar-refractivity contribution in [2.45, 2.75) is 11.8 Å². The van der Waals surface area contributed by atoms with Crippen LogP contribution in [0.1, 0.15) is 17.3 Å². The molecule has 7 nitrogen and oxygen atoms in total. The normalized spacial score (nSPS) is 11.4. The van der Waals surface area contributed by atoms with Gasteiger partial charge in [-0.25, -0.2) is 13.2 Å².